The van der Waals surface area contributed by atoms with E-state index in [0.717, 1.165) is 12.8 Å². The first-order valence-electron chi connectivity index (χ1n) is 7.34. The maximum atomic E-state index is 12.0. The van der Waals surface area contributed by atoms with Crippen LogP contribution in [-0.4, -0.2) is 17.2 Å². The van der Waals surface area contributed by atoms with Gasteiger partial charge in [0.15, 0.2) is 5.78 Å². The van der Waals surface area contributed by atoms with E-state index in [1.54, 1.807) is 6.07 Å². The number of thiophene rings is 1. The molecule has 0 aromatic carbocycles. The molecule has 1 heterocycles. The Morgan fingerprint density at radius 1 is 1.52 bits per heavy atom. The minimum atomic E-state index is -0.735. The number of hydrogen-bond acceptors (Lipinski definition) is 4. The van der Waals surface area contributed by atoms with Crippen molar-refractivity contribution in [3.63, 3.8) is 0 Å². The zero-order chi connectivity index (χ0) is 15.3. The fourth-order valence-electron chi connectivity index (χ4n) is 2.91. The van der Waals surface area contributed by atoms with Crippen LogP contribution in [0.4, 0.5) is 0 Å². The first-order chi connectivity index (χ1) is 10.0. The first-order valence-corrected chi connectivity index (χ1v) is 8.21. The van der Waals surface area contributed by atoms with E-state index in [-0.39, 0.29) is 24.5 Å². The van der Waals surface area contributed by atoms with Crippen molar-refractivity contribution in [2.24, 2.45) is 5.92 Å². The predicted molar refractivity (Wildman–Crippen MR) is 82.0 cm³/mol. The van der Waals surface area contributed by atoms with Crippen LogP contribution in [0.1, 0.15) is 55.1 Å². The molecule has 0 saturated heterocycles. The summed E-state index contributed by atoms with van der Waals surface area (Å²) in [4.78, 5) is 24.6. The van der Waals surface area contributed by atoms with Crippen LogP contribution in [0.5, 0.6) is 0 Å². The molecule has 5 heteroatoms. The fourth-order valence-corrected chi connectivity index (χ4v) is 3.61. The van der Waals surface area contributed by atoms with Gasteiger partial charge in [0.2, 0.25) is 5.91 Å². The molecule has 1 amide bonds. The van der Waals surface area contributed by atoms with E-state index >= 15 is 0 Å². The van der Waals surface area contributed by atoms with Crippen LogP contribution in [0.15, 0.2) is 17.5 Å². The molecule has 1 aromatic heterocycles. The van der Waals surface area contributed by atoms with Crippen LogP contribution in [0.25, 0.3) is 0 Å². The van der Waals surface area contributed by atoms with Crippen molar-refractivity contribution in [2.75, 3.05) is 0 Å². The number of nitrogens with one attached hydrogen (secondary N) is 1. The number of ketones is 1. The molecular weight excluding hydrogens is 284 g/mol. The molecule has 1 aromatic rings. The molecule has 112 valence electrons. The van der Waals surface area contributed by atoms with Crippen LogP contribution in [0, 0.1) is 17.2 Å². The standard InChI is InChI=1S/C16H20N2O2S/c1-12-4-2-8-16(10-12,11-17)18-15(20)7-6-13(19)14-5-3-9-21-14/h3,5,9,12H,2,4,6-8,10H2,1H3,(H,18,20). The average molecular weight is 304 g/mol. The maximum absolute atomic E-state index is 12.0. The molecule has 2 unspecified atom stereocenters. The largest absolute Gasteiger partial charge is 0.338 e. The third-order valence-corrected chi connectivity index (χ3v) is 4.88. The zero-order valence-corrected chi connectivity index (χ0v) is 13.0. The summed E-state index contributed by atoms with van der Waals surface area (Å²) < 4.78 is 0. The van der Waals surface area contributed by atoms with Gasteiger partial charge in [-0.05, 0) is 36.6 Å². The number of carbonyl (C=O) groups is 2. The van der Waals surface area contributed by atoms with Gasteiger partial charge in [0.05, 0.1) is 10.9 Å². The van der Waals surface area contributed by atoms with Gasteiger partial charge in [-0.25, -0.2) is 0 Å². The first kappa shape index (κ1) is 15.7. The summed E-state index contributed by atoms with van der Waals surface area (Å²) in [5.41, 5.74) is -0.735. The second kappa shape index (κ2) is 6.86. The van der Waals surface area contributed by atoms with Gasteiger partial charge in [0.1, 0.15) is 5.54 Å². The lowest BCUT2D eigenvalue weighted by Crippen LogP contribution is -2.50. The van der Waals surface area contributed by atoms with Gasteiger partial charge in [0, 0.05) is 12.8 Å². The third-order valence-electron chi connectivity index (χ3n) is 3.97. The zero-order valence-electron chi connectivity index (χ0n) is 12.2. The summed E-state index contributed by atoms with van der Waals surface area (Å²) >= 11 is 1.39. The molecule has 0 radical (unpaired) electrons. The van der Waals surface area contributed by atoms with E-state index in [9.17, 15) is 14.9 Å². The Hall–Kier alpha value is -1.67. The summed E-state index contributed by atoms with van der Waals surface area (Å²) in [6.07, 6.45) is 3.82. The van der Waals surface area contributed by atoms with Gasteiger partial charge in [-0.2, -0.15) is 5.26 Å². The van der Waals surface area contributed by atoms with Gasteiger partial charge in [0.25, 0.3) is 0 Å². The Labute approximate surface area is 129 Å². The highest BCUT2D eigenvalue weighted by atomic mass is 32.1. The number of rotatable bonds is 5. The lowest BCUT2D eigenvalue weighted by molar-refractivity contribution is -0.122. The van der Waals surface area contributed by atoms with Gasteiger partial charge >= 0.3 is 0 Å². The van der Waals surface area contributed by atoms with Gasteiger partial charge in [-0.3, -0.25) is 9.59 Å². The molecule has 1 aliphatic rings. The van der Waals surface area contributed by atoms with Crippen molar-refractivity contribution in [2.45, 2.75) is 51.0 Å². The molecule has 0 spiro atoms. The number of carbonyl (C=O) groups excluding carboxylic acids is 2. The summed E-state index contributed by atoms with van der Waals surface area (Å²) in [6.45, 7) is 2.11. The Morgan fingerprint density at radius 2 is 2.33 bits per heavy atom. The number of amides is 1. The van der Waals surface area contributed by atoms with Crippen molar-refractivity contribution in [3.05, 3.63) is 22.4 Å². The van der Waals surface area contributed by atoms with Crippen LogP contribution in [0.2, 0.25) is 0 Å². The Kier molecular flexibility index (Phi) is 5.13. The molecule has 2 rings (SSSR count). The Balaban J connectivity index is 1.86. The maximum Gasteiger partial charge on any atom is 0.221 e. The van der Waals surface area contributed by atoms with Crippen molar-refractivity contribution in [1.82, 2.24) is 5.32 Å². The summed E-state index contributed by atoms with van der Waals surface area (Å²) in [5.74, 6) is 0.241. The van der Waals surface area contributed by atoms with Crippen molar-refractivity contribution >= 4 is 23.0 Å². The number of nitrogens with zero attached hydrogens (tertiary/aromatic N) is 1. The normalized spacial score (nSPS) is 25.0. The Morgan fingerprint density at radius 3 is 2.95 bits per heavy atom. The van der Waals surface area contributed by atoms with E-state index in [1.807, 2.05) is 11.4 Å². The van der Waals surface area contributed by atoms with Gasteiger partial charge in [-0.1, -0.05) is 19.4 Å². The molecule has 1 fully saturated rings. The minimum absolute atomic E-state index is 0.0110. The second-order valence-corrected chi connectivity index (χ2v) is 6.79. The average Bonchev–Trinajstić information content (AvgIpc) is 2.99. The van der Waals surface area contributed by atoms with E-state index in [2.05, 4.69) is 18.3 Å². The van der Waals surface area contributed by atoms with Crippen molar-refractivity contribution < 1.29 is 9.59 Å². The van der Waals surface area contributed by atoms with Crippen molar-refractivity contribution in [1.29, 1.82) is 5.26 Å². The molecule has 4 nitrogen and oxygen atoms in total. The molecular formula is C16H20N2O2S. The summed E-state index contributed by atoms with van der Waals surface area (Å²) in [5, 5.41) is 14.1. The van der Waals surface area contributed by atoms with Gasteiger partial charge in [-0.15, -0.1) is 11.3 Å². The third kappa shape index (κ3) is 4.15. The molecule has 0 aliphatic heterocycles. The van der Waals surface area contributed by atoms with Crippen molar-refractivity contribution in [3.8, 4) is 6.07 Å². The highest BCUT2D eigenvalue weighted by molar-refractivity contribution is 7.12. The highest BCUT2D eigenvalue weighted by Crippen LogP contribution is 2.31. The topological polar surface area (TPSA) is 70.0 Å². The Bertz CT molecular complexity index is 547. The van der Waals surface area contributed by atoms with Crippen LogP contribution in [-0.2, 0) is 4.79 Å². The molecule has 1 saturated carbocycles. The van der Waals surface area contributed by atoms with E-state index in [1.165, 1.54) is 11.3 Å². The van der Waals surface area contributed by atoms with Gasteiger partial charge < -0.3 is 5.32 Å². The molecule has 0 bridgehead atoms. The smallest absolute Gasteiger partial charge is 0.221 e. The van der Waals surface area contributed by atoms with Crippen LogP contribution < -0.4 is 5.32 Å². The predicted octanol–water partition coefficient (Wildman–Crippen LogP) is 3.30. The molecule has 2 atom stereocenters. The lowest BCUT2D eigenvalue weighted by Gasteiger charge is -2.35. The summed E-state index contributed by atoms with van der Waals surface area (Å²) in [6, 6.07) is 5.87. The van der Waals surface area contributed by atoms with Crippen LogP contribution in [0.3, 0.4) is 0 Å². The summed E-state index contributed by atoms with van der Waals surface area (Å²) in [7, 11) is 0. The van der Waals surface area contributed by atoms with E-state index in [0.29, 0.717) is 23.6 Å². The number of nitriles is 1. The molecule has 1 N–H and O–H groups in total. The molecule has 21 heavy (non-hydrogen) atoms. The quantitative estimate of drug-likeness (QED) is 0.848. The lowest BCUT2D eigenvalue weighted by atomic mass is 9.77. The monoisotopic (exact) mass is 304 g/mol. The number of hydrogen-bond donors (Lipinski definition) is 1. The second-order valence-electron chi connectivity index (χ2n) is 5.84. The fraction of sp³-hybridized carbons (Fsp3) is 0.562. The highest BCUT2D eigenvalue weighted by Gasteiger charge is 2.36. The van der Waals surface area contributed by atoms with E-state index in [4.69, 9.17) is 0 Å². The SMILES string of the molecule is CC1CCCC(C#N)(NC(=O)CCC(=O)c2cccs2)C1. The van der Waals surface area contributed by atoms with Crippen LogP contribution >= 0.6 is 11.3 Å². The minimum Gasteiger partial charge on any atom is -0.338 e. The van der Waals surface area contributed by atoms with E-state index < -0.39 is 5.54 Å². The number of Topliss-reactive ketones (excluding diaryl/α,β-unsaturated/α-hetero) is 1. The molecule has 1 aliphatic carbocycles.